The van der Waals surface area contributed by atoms with Gasteiger partial charge in [-0.1, -0.05) is 0 Å². The summed E-state index contributed by atoms with van der Waals surface area (Å²) in [6.45, 7) is 2.25. The molecule has 0 aliphatic heterocycles. The second kappa shape index (κ2) is 4.91. The summed E-state index contributed by atoms with van der Waals surface area (Å²) in [5.41, 5.74) is 1.04. The summed E-state index contributed by atoms with van der Waals surface area (Å²) in [5, 5.41) is 11.5. The van der Waals surface area contributed by atoms with Crippen LogP contribution in [0.3, 0.4) is 0 Å². The lowest BCUT2D eigenvalue weighted by molar-refractivity contribution is -0.608. The van der Waals surface area contributed by atoms with Crippen molar-refractivity contribution in [3.8, 4) is 0 Å². The number of hydrogen-bond donors (Lipinski definition) is 0. The van der Waals surface area contributed by atoms with Crippen molar-refractivity contribution in [3.05, 3.63) is 59.0 Å². The highest BCUT2D eigenvalue weighted by Gasteiger charge is 2.20. The summed E-state index contributed by atoms with van der Waals surface area (Å²) < 4.78 is 5.74. The normalized spacial score (nSPS) is 10.3. The van der Waals surface area contributed by atoms with Gasteiger partial charge in [0.05, 0.1) is 6.26 Å². The minimum atomic E-state index is -0.314. The molecule has 0 radical (unpaired) electrons. The lowest BCUT2D eigenvalue weighted by Crippen LogP contribution is -2.39. The average Bonchev–Trinajstić information content (AvgIpc) is 2.75. The molecule has 0 saturated heterocycles. The molecule has 1 amide bonds. The minimum Gasteiger partial charge on any atom is -0.618 e. The molecule has 0 unspecified atom stereocenters. The van der Waals surface area contributed by atoms with Crippen molar-refractivity contribution < 1.29 is 13.9 Å². The molecule has 2 aromatic heterocycles. The second-order valence-electron chi connectivity index (χ2n) is 4.07. The van der Waals surface area contributed by atoms with Crippen molar-refractivity contribution in [2.75, 3.05) is 7.05 Å². The molecule has 0 N–H and O–H groups in total. The van der Waals surface area contributed by atoms with E-state index < -0.39 is 0 Å². The van der Waals surface area contributed by atoms with E-state index in [-0.39, 0.29) is 11.6 Å². The average molecular weight is 246 g/mol. The van der Waals surface area contributed by atoms with Gasteiger partial charge in [-0.05, 0) is 19.1 Å². The Morgan fingerprint density at radius 3 is 2.83 bits per heavy atom. The van der Waals surface area contributed by atoms with Crippen LogP contribution in [0.25, 0.3) is 0 Å². The van der Waals surface area contributed by atoms with Gasteiger partial charge in [-0.25, -0.2) is 0 Å². The van der Waals surface area contributed by atoms with Crippen LogP contribution >= 0.6 is 0 Å². The fraction of sp³-hybridized carbons (Fsp3) is 0.231. The summed E-state index contributed by atoms with van der Waals surface area (Å²) in [7, 11) is 1.65. The Morgan fingerprint density at radius 1 is 1.44 bits per heavy atom. The number of aryl methyl sites for hydroxylation is 1. The van der Waals surface area contributed by atoms with Gasteiger partial charge in [0.15, 0.2) is 6.20 Å². The summed E-state index contributed by atoms with van der Waals surface area (Å²) in [6.07, 6.45) is 2.89. The molecule has 94 valence electrons. The highest BCUT2D eigenvalue weighted by Crippen LogP contribution is 2.12. The first-order valence-electron chi connectivity index (χ1n) is 5.56. The predicted octanol–water partition coefficient (Wildman–Crippen LogP) is 1.49. The van der Waals surface area contributed by atoms with Gasteiger partial charge >= 0.3 is 5.91 Å². The molecule has 0 aromatic carbocycles. The first kappa shape index (κ1) is 12.2. The van der Waals surface area contributed by atoms with E-state index in [2.05, 4.69) is 0 Å². The number of hydrogen-bond acceptors (Lipinski definition) is 3. The number of pyridine rings is 1. The van der Waals surface area contributed by atoms with E-state index in [1.54, 1.807) is 25.4 Å². The maximum Gasteiger partial charge on any atom is 0.320 e. The smallest absolute Gasteiger partial charge is 0.320 e. The van der Waals surface area contributed by atoms with Gasteiger partial charge < -0.3 is 14.5 Å². The molecular formula is C13H14N2O3. The highest BCUT2D eigenvalue weighted by molar-refractivity contribution is 5.90. The Balaban J connectivity index is 2.15. The fourth-order valence-electron chi connectivity index (χ4n) is 1.69. The Bertz CT molecular complexity index is 563. The summed E-state index contributed by atoms with van der Waals surface area (Å²) in [4.78, 5) is 13.6. The first-order chi connectivity index (χ1) is 8.59. The fourth-order valence-corrected chi connectivity index (χ4v) is 1.69. The lowest BCUT2D eigenvalue weighted by atomic mass is 10.2. The monoisotopic (exact) mass is 246 g/mol. The molecule has 2 aromatic rings. The van der Waals surface area contributed by atoms with Gasteiger partial charge in [0, 0.05) is 31.3 Å². The Morgan fingerprint density at radius 2 is 2.22 bits per heavy atom. The molecule has 0 aliphatic carbocycles. The van der Waals surface area contributed by atoms with Gasteiger partial charge in [-0.3, -0.25) is 4.79 Å². The zero-order chi connectivity index (χ0) is 13.1. The van der Waals surface area contributed by atoms with E-state index in [9.17, 15) is 10.0 Å². The van der Waals surface area contributed by atoms with E-state index in [4.69, 9.17) is 4.42 Å². The summed E-state index contributed by atoms with van der Waals surface area (Å²) in [5.74, 6) is 0.462. The molecule has 2 rings (SSSR count). The van der Waals surface area contributed by atoms with Gasteiger partial charge in [-0.2, -0.15) is 4.73 Å². The predicted molar refractivity (Wildman–Crippen MR) is 64.6 cm³/mol. The number of nitrogens with zero attached hydrogens (tertiary/aromatic N) is 2. The molecule has 0 aliphatic rings. The number of carbonyl (C=O) groups is 1. The van der Waals surface area contributed by atoms with Crippen LogP contribution < -0.4 is 4.73 Å². The van der Waals surface area contributed by atoms with Crippen molar-refractivity contribution in [3.63, 3.8) is 0 Å². The summed E-state index contributed by atoms with van der Waals surface area (Å²) >= 11 is 0. The van der Waals surface area contributed by atoms with Crippen LogP contribution in [-0.2, 0) is 6.54 Å². The Kier molecular flexibility index (Phi) is 3.32. The van der Waals surface area contributed by atoms with Crippen LogP contribution in [0.4, 0.5) is 0 Å². The minimum absolute atomic E-state index is 0.112. The number of carbonyl (C=O) groups excluding carboxylic acids is 1. The van der Waals surface area contributed by atoms with Crippen LogP contribution in [0.15, 0.2) is 41.1 Å². The van der Waals surface area contributed by atoms with Crippen LogP contribution in [0.2, 0.25) is 0 Å². The maximum atomic E-state index is 12.1. The van der Waals surface area contributed by atoms with Crippen molar-refractivity contribution in [1.29, 1.82) is 0 Å². The molecule has 0 atom stereocenters. The van der Waals surface area contributed by atoms with Gasteiger partial charge in [-0.15, -0.1) is 0 Å². The van der Waals surface area contributed by atoms with Crippen molar-refractivity contribution in [2.45, 2.75) is 13.5 Å². The molecule has 0 bridgehead atoms. The van der Waals surface area contributed by atoms with Crippen LogP contribution in [0.1, 0.15) is 21.8 Å². The Labute approximate surface area is 105 Å². The Hall–Kier alpha value is -2.30. The third-order valence-corrected chi connectivity index (χ3v) is 2.76. The zero-order valence-corrected chi connectivity index (χ0v) is 10.3. The largest absolute Gasteiger partial charge is 0.618 e. The van der Waals surface area contributed by atoms with Crippen LogP contribution in [-0.4, -0.2) is 17.9 Å². The molecule has 2 heterocycles. The van der Waals surface area contributed by atoms with E-state index in [0.29, 0.717) is 11.3 Å². The van der Waals surface area contributed by atoms with E-state index in [1.807, 2.05) is 13.0 Å². The SMILES string of the molecule is Cc1occc1CN(C)C(=O)c1cccc[n+]1[O-]. The molecule has 18 heavy (non-hydrogen) atoms. The van der Waals surface area contributed by atoms with E-state index in [1.165, 1.54) is 17.2 Å². The first-order valence-corrected chi connectivity index (χ1v) is 5.56. The number of furan rings is 1. The summed E-state index contributed by atoms with van der Waals surface area (Å²) in [6, 6.07) is 6.58. The highest BCUT2D eigenvalue weighted by atomic mass is 16.5. The zero-order valence-electron chi connectivity index (χ0n) is 10.3. The number of aromatic nitrogens is 1. The quantitative estimate of drug-likeness (QED) is 0.609. The molecular weight excluding hydrogens is 232 g/mol. The third-order valence-electron chi connectivity index (χ3n) is 2.76. The number of rotatable bonds is 3. The lowest BCUT2D eigenvalue weighted by Gasteiger charge is -2.15. The van der Waals surface area contributed by atoms with Crippen molar-refractivity contribution in [2.24, 2.45) is 0 Å². The van der Waals surface area contributed by atoms with E-state index >= 15 is 0 Å². The molecule has 0 saturated carbocycles. The standard InChI is InChI=1S/C13H14N2O3/c1-10-11(6-8-18-10)9-14(2)13(16)12-5-3-4-7-15(12)17/h3-8H,9H2,1-2H3. The van der Waals surface area contributed by atoms with Gasteiger partial charge in [0.1, 0.15) is 5.76 Å². The second-order valence-corrected chi connectivity index (χ2v) is 4.07. The van der Waals surface area contributed by atoms with Crippen molar-refractivity contribution >= 4 is 5.91 Å². The molecule has 0 fully saturated rings. The van der Waals surface area contributed by atoms with Crippen LogP contribution in [0, 0.1) is 12.1 Å². The molecule has 5 nitrogen and oxygen atoms in total. The maximum absolute atomic E-state index is 12.1. The molecule has 0 spiro atoms. The topological polar surface area (TPSA) is 60.4 Å². The van der Waals surface area contributed by atoms with Crippen LogP contribution in [0.5, 0.6) is 0 Å². The third kappa shape index (κ3) is 2.34. The number of amides is 1. The van der Waals surface area contributed by atoms with Gasteiger partial charge in [0.2, 0.25) is 0 Å². The van der Waals surface area contributed by atoms with Gasteiger partial charge in [0.25, 0.3) is 5.69 Å². The van der Waals surface area contributed by atoms with E-state index in [0.717, 1.165) is 11.3 Å². The molecule has 5 heteroatoms. The van der Waals surface area contributed by atoms with Crippen molar-refractivity contribution in [1.82, 2.24) is 4.90 Å².